The number of nitriles is 1. The van der Waals surface area contributed by atoms with Crippen LogP contribution in [0.15, 0.2) is 59.6 Å². The largest absolute Gasteiger partial charge is 0.283 e. The van der Waals surface area contributed by atoms with Gasteiger partial charge >= 0.3 is 0 Å². The standard InChI is InChI=1S/C16H11BrN6O2/c17-15-7-14(5-6-16(15)23(24)25)22(21-10-19-20-11-21)9-13-4-2-1-3-12(13)8-18/h1-7,10-11H,9H2. The summed E-state index contributed by atoms with van der Waals surface area (Å²) in [5, 5.41) is 29.7. The average Bonchev–Trinajstić information content (AvgIpc) is 3.13. The number of anilines is 1. The van der Waals surface area contributed by atoms with E-state index in [2.05, 4.69) is 32.2 Å². The van der Waals surface area contributed by atoms with E-state index in [1.807, 2.05) is 17.1 Å². The molecule has 3 aromatic rings. The van der Waals surface area contributed by atoms with E-state index in [4.69, 9.17) is 0 Å². The van der Waals surface area contributed by atoms with Crippen molar-refractivity contribution < 1.29 is 4.92 Å². The highest BCUT2D eigenvalue weighted by Gasteiger charge is 2.17. The van der Waals surface area contributed by atoms with Crippen molar-refractivity contribution in [3.05, 3.63) is 80.8 Å². The minimum atomic E-state index is -0.456. The lowest BCUT2D eigenvalue weighted by molar-refractivity contribution is -0.385. The molecule has 25 heavy (non-hydrogen) atoms. The number of rotatable bonds is 5. The van der Waals surface area contributed by atoms with Crippen molar-refractivity contribution in [2.75, 3.05) is 5.01 Å². The monoisotopic (exact) mass is 398 g/mol. The van der Waals surface area contributed by atoms with E-state index >= 15 is 0 Å². The van der Waals surface area contributed by atoms with Gasteiger partial charge in [-0.2, -0.15) is 5.26 Å². The van der Waals surface area contributed by atoms with Crippen molar-refractivity contribution in [1.82, 2.24) is 14.9 Å². The summed E-state index contributed by atoms with van der Waals surface area (Å²) in [6.07, 6.45) is 3.04. The van der Waals surface area contributed by atoms with Gasteiger partial charge in [0, 0.05) is 6.07 Å². The van der Waals surface area contributed by atoms with Gasteiger partial charge in [-0.05, 0) is 39.7 Å². The van der Waals surface area contributed by atoms with E-state index in [1.165, 1.54) is 18.7 Å². The average molecular weight is 399 g/mol. The molecule has 0 unspecified atom stereocenters. The Morgan fingerprint density at radius 3 is 2.60 bits per heavy atom. The Bertz CT molecular complexity index is 952. The van der Waals surface area contributed by atoms with Gasteiger partial charge in [0.1, 0.15) is 12.7 Å². The van der Waals surface area contributed by atoms with Gasteiger partial charge in [-0.3, -0.25) is 15.1 Å². The molecule has 0 N–H and O–H groups in total. The highest BCUT2D eigenvalue weighted by Crippen LogP contribution is 2.30. The summed E-state index contributed by atoms with van der Waals surface area (Å²) in [5.74, 6) is 0. The lowest BCUT2D eigenvalue weighted by Crippen LogP contribution is -2.28. The minimum Gasteiger partial charge on any atom is -0.274 e. The van der Waals surface area contributed by atoms with E-state index in [-0.39, 0.29) is 5.69 Å². The molecule has 1 heterocycles. The van der Waals surface area contributed by atoms with Crippen LogP contribution in [0, 0.1) is 21.4 Å². The predicted molar refractivity (Wildman–Crippen MR) is 93.6 cm³/mol. The molecule has 3 rings (SSSR count). The number of halogens is 1. The molecule has 0 saturated heterocycles. The second-order valence-corrected chi connectivity index (χ2v) is 5.92. The van der Waals surface area contributed by atoms with Gasteiger partial charge in [0.15, 0.2) is 0 Å². The fraction of sp³-hybridized carbons (Fsp3) is 0.0625. The first-order chi connectivity index (χ1) is 12.1. The summed E-state index contributed by atoms with van der Waals surface area (Å²) in [5.41, 5.74) is 2.03. The Labute approximate surface area is 151 Å². The minimum absolute atomic E-state index is 0.0233. The van der Waals surface area contributed by atoms with Crippen molar-refractivity contribution in [2.24, 2.45) is 0 Å². The molecule has 0 amide bonds. The maximum Gasteiger partial charge on any atom is 0.283 e. The maximum atomic E-state index is 11.0. The molecule has 0 spiro atoms. The second-order valence-electron chi connectivity index (χ2n) is 5.06. The third kappa shape index (κ3) is 3.49. The Balaban J connectivity index is 2.04. The number of hydrogen-bond donors (Lipinski definition) is 0. The van der Waals surface area contributed by atoms with Gasteiger partial charge in [0.05, 0.1) is 33.3 Å². The molecule has 0 saturated carbocycles. The van der Waals surface area contributed by atoms with Crippen molar-refractivity contribution in [3.8, 4) is 6.07 Å². The van der Waals surface area contributed by atoms with Crippen LogP contribution in [-0.2, 0) is 6.54 Å². The molecular weight excluding hydrogens is 388 g/mol. The topological polar surface area (TPSA) is 101 Å². The molecular formula is C16H11BrN6O2. The van der Waals surface area contributed by atoms with E-state index in [1.54, 1.807) is 28.9 Å². The number of nitro benzene ring substituents is 1. The van der Waals surface area contributed by atoms with Crippen LogP contribution in [0.5, 0.6) is 0 Å². The maximum absolute atomic E-state index is 11.0. The predicted octanol–water partition coefficient (Wildman–Crippen LogP) is 3.29. The van der Waals surface area contributed by atoms with E-state index in [0.29, 0.717) is 22.3 Å². The molecule has 0 fully saturated rings. The Kier molecular flexibility index (Phi) is 4.72. The van der Waals surface area contributed by atoms with Crippen LogP contribution < -0.4 is 5.01 Å². The third-order valence-corrected chi connectivity index (χ3v) is 4.20. The molecule has 1 aromatic heterocycles. The SMILES string of the molecule is N#Cc1ccccc1CN(c1ccc([N+](=O)[O-])c(Br)c1)n1cnnc1. The summed E-state index contributed by atoms with van der Waals surface area (Å²) in [6.45, 7) is 0.367. The molecule has 8 nitrogen and oxygen atoms in total. The molecule has 0 aliphatic heterocycles. The van der Waals surface area contributed by atoms with Gasteiger partial charge in [-0.1, -0.05) is 18.2 Å². The fourth-order valence-corrected chi connectivity index (χ4v) is 2.87. The van der Waals surface area contributed by atoms with Crippen LogP contribution in [0.25, 0.3) is 0 Å². The molecule has 0 bridgehead atoms. The van der Waals surface area contributed by atoms with Crippen molar-refractivity contribution in [2.45, 2.75) is 6.54 Å². The highest BCUT2D eigenvalue weighted by atomic mass is 79.9. The molecule has 2 aromatic carbocycles. The highest BCUT2D eigenvalue weighted by molar-refractivity contribution is 9.10. The Hall–Kier alpha value is -3.25. The quantitative estimate of drug-likeness (QED) is 0.482. The zero-order valence-corrected chi connectivity index (χ0v) is 14.4. The molecule has 0 aliphatic carbocycles. The molecule has 0 atom stereocenters. The summed E-state index contributed by atoms with van der Waals surface area (Å²) in [6, 6.07) is 14.1. The molecule has 0 aliphatic rings. The Morgan fingerprint density at radius 1 is 1.24 bits per heavy atom. The van der Waals surface area contributed by atoms with E-state index in [0.717, 1.165) is 5.56 Å². The first-order valence-corrected chi connectivity index (χ1v) is 7.94. The Morgan fingerprint density at radius 2 is 1.96 bits per heavy atom. The van der Waals surface area contributed by atoms with Crippen LogP contribution in [0.3, 0.4) is 0 Å². The number of benzene rings is 2. The van der Waals surface area contributed by atoms with Crippen LogP contribution in [0.2, 0.25) is 0 Å². The molecule has 124 valence electrons. The number of aromatic nitrogens is 3. The fourth-order valence-electron chi connectivity index (χ4n) is 2.36. The second kappa shape index (κ2) is 7.11. The zero-order valence-electron chi connectivity index (χ0n) is 12.8. The molecule has 0 radical (unpaired) electrons. The van der Waals surface area contributed by atoms with Gasteiger partial charge in [-0.15, -0.1) is 10.2 Å². The lowest BCUT2D eigenvalue weighted by atomic mass is 10.1. The summed E-state index contributed by atoms with van der Waals surface area (Å²) in [4.78, 5) is 10.6. The number of nitrogens with zero attached hydrogens (tertiary/aromatic N) is 6. The normalized spacial score (nSPS) is 10.2. The van der Waals surface area contributed by atoms with Crippen LogP contribution in [-0.4, -0.2) is 19.8 Å². The summed E-state index contributed by atoms with van der Waals surface area (Å²) >= 11 is 3.23. The summed E-state index contributed by atoms with van der Waals surface area (Å²) < 4.78 is 2.02. The zero-order chi connectivity index (χ0) is 17.8. The van der Waals surface area contributed by atoms with Gasteiger partial charge < -0.3 is 0 Å². The first kappa shape index (κ1) is 16.6. The van der Waals surface area contributed by atoms with E-state index in [9.17, 15) is 15.4 Å². The van der Waals surface area contributed by atoms with Gasteiger partial charge in [0.25, 0.3) is 5.69 Å². The smallest absolute Gasteiger partial charge is 0.274 e. The van der Waals surface area contributed by atoms with Crippen molar-refractivity contribution in [1.29, 1.82) is 5.26 Å². The van der Waals surface area contributed by atoms with Crippen LogP contribution in [0.1, 0.15) is 11.1 Å². The number of hydrogen-bond acceptors (Lipinski definition) is 6. The number of nitro groups is 1. The summed E-state index contributed by atoms with van der Waals surface area (Å²) in [7, 11) is 0. The van der Waals surface area contributed by atoms with Crippen molar-refractivity contribution >= 4 is 27.3 Å². The van der Waals surface area contributed by atoms with Crippen LogP contribution in [0.4, 0.5) is 11.4 Å². The van der Waals surface area contributed by atoms with Crippen LogP contribution >= 0.6 is 15.9 Å². The molecule has 9 heteroatoms. The van der Waals surface area contributed by atoms with Crippen molar-refractivity contribution in [3.63, 3.8) is 0 Å². The van der Waals surface area contributed by atoms with Gasteiger partial charge in [-0.25, -0.2) is 4.68 Å². The van der Waals surface area contributed by atoms with Gasteiger partial charge in [0.2, 0.25) is 0 Å². The first-order valence-electron chi connectivity index (χ1n) is 7.14. The lowest BCUT2D eigenvalue weighted by Gasteiger charge is -2.25. The van der Waals surface area contributed by atoms with E-state index < -0.39 is 4.92 Å². The third-order valence-electron chi connectivity index (χ3n) is 3.57.